The van der Waals surface area contributed by atoms with Crippen molar-refractivity contribution in [3.8, 4) is 0 Å². The summed E-state index contributed by atoms with van der Waals surface area (Å²) in [5, 5.41) is 13.7. The van der Waals surface area contributed by atoms with E-state index in [0.717, 1.165) is 0 Å². The van der Waals surface area contributed by atoms with E-state index >= 15 is 0 Å². The van der Waals surface area contributed by atoms with Crippen LogP contribution in [0.5, 0.6) is 0 Å². The molecule has 0 bridgehead atoms. The number of carbonyl (C=O) groups excluding carboxylic acids is 1. The van der Waals surface area contributed by atoms with Gasteiger partial charge < -0.3 is 9.90 Å². The molecule has 1 unspecified atom stereocenters. The Bertz CT molecular complexity index is 224. The van der Waals surface area contributed by atoms with Crippen LogP contribution in [0.2, 0.25) is 0 Å². The third kappa shape index (κ3) is 1.99. The molecule has 1 aliphatic heterocycles. The van der Waals surface area contributed by atoms with Crippen LogP contribution in [0.1, 0.15) is 27.7 Å². The van der Waals surface area contributed by atoms with Crippen molar-refractivity contribution in [1.29, 1.82) is 0 Å². The lowest BCUT2D eigenvalue weighted by Gasteiger charge is -2.38. The summed E-state index contributed by atoms with van der Waals surface area (Å²) in [6, 6.07) is -0.505. The summed E-state index contributed by atoms with van der Waals surface area (Å²) >= 11 is 1.66. The van der Waals surface area contributed by atoms with Gasteiger partial charge in [-0.3, -0.25) is 5.32 Å². The third-order valence-electron chi connectivity index (χ3n) is 2.70. The Balaban J connectivity index is 2.72. The van der Waals surface area contributed by atoms with Gasteiger partial charge in [-0.1, -0.05) is 20.8 Å². The first-order valence-corrected chi connectivity index (χ1v) is 5.37. The molecular formula is C9H16NO2S-. The van der Waals surface area contributed by atoms with E-state index in [2.05, 4.69) is 26.1 Å². The first-order valence-electron chi connectivity index (χ1n) is 4.39. The lowest BCUT2D eigenvalue weighted by atomic mass is 9.87. The highest BCUT2D eigenvalue weighted by atomic mass is 32.2. The smallest absolute Gasteiger partial charge is 0.0671 e. The van der Waals surface area contributed by atoms with Crippen LogP contribution in [0, 0.1) is 5.41 Å². The molecule has 13 heavy (non-hydrogen) atoms. The summed E-state index contributed by atoms with van der Waals surface area (Å²) in [5.74, 6) is -0.406. The molecule has 76 valence electrons. The highest BCUT2D eigenvalue weighted by molar-refractivity contribution is 8.01. The molecule has 0 radical (unpaired) electrons. The second kappa shape index (κ2) is 3.17. The lowest BCUT2D eigenvalue weighted by Crippen LogP contribution is -2.53. The van der Waals surface area contributed by atoms with Gasteiger partial charge in [0.1, 0.15) is 0 Å². The van der Waals surface area contributed by atoms with Crippen molar-refractivity contribution < 1.29 is 9.90 Å². The highest BCUT2D eigenvalue weighted by Gasteiger charge is 2.44. The first kappa shape index (κ1) is 10.9. The van der Waals surface area contributed by atoms with E-state index < -0.39 is 12.0 Å². The van der Waals surface area contributed by atoms with E-state index in [-0.39, 0.29) is 10.3 Å². The maximum atomic E-state index is 10.6. The van der Waals surface area contributed by atoms with Crippen LogP contribution in [0.4, 0.5) is 0 Å². The molecule has 4 heteroatoms. The number of nitrogens with one attached hydrogen (secondary N) is 1. The van der Waals surface area contributed by atoms with Gasteiger partial charge in [-0.2, -0.15) is 0 Å². The Morgan fingerprint density at radius 3 is 2.38 bits per heavy atom. The van der Waals surface area contributed by atoms with E-state index in [0.29, 0.717) is 5.75 Å². The Morgan fingerprint density at radius 2 is 2.15 bits per heavy atom. The van der Waals surface area contributed by atoms with Gasteiger partial charge in [-0.05, 0) is 12.3 Å². The van der Waals surface area contributed by atoms with Crippen LogP contribution in [0.15, 0.2) is 0 Å². The van der Waals surface area contributed by atoms with Gasteiger partial charge in [-0.25, -0.2) is 0 Å². The topological polar surface area (TPSA) is 52.2 Å². The predicted molar refractivity (Wildman–Crippen MR) is 52.2 cm³/mol. The summed E-state index contributed by atoms with van der Waals surface area (Å²) in [5.41, 5.74) is 0.0435. The fourth-order valence-corrected chi connectivity index (χ4v) is 2.60. The zero-order valence-corrected chi connectivity index (χ0v) is 9.33. The molecule has 0 aromatic carbocycles. The van der Waals surface area contributed by atoms with Gasteiger partial charge in [0.15, 0.2) is 0 Å². The minimum Gasteiger partial charge on any atom is -0.548 e. The molecule has 0 aromatic rings. The van der Waals surface area contributed by atoms with Gasteiger partial charge >= 0.3 is 0 Å². The Morgan fingerprint density at radius 1 is 1.62 bits per heavy atom. The summed E-state index contributed by atoms with van der Waals surface area (Å²) in [6.45, 7) is 8.35. The molecule has 0 saturated carbocycles. The molecule has 2 atom stereocenters. The molecular weight excluding hydrogens is 186 g/mol. The van der Waals surface area contributed by atoms with E-state index in [9.17, 15) is 9.90 Å². The molecule has 1 saturated heterocycles. The van der Waals surface area contributed by atoms with Crippen molar-refractivity contribution in [2.45, 2.75) is 38.6 Å². The zero-order valence-electron chi connectivity index (χ0n) is 8.51. The zero-order chi connectivity index (χ0) is 10.3. The molecule has 1 rings (SSSR count). The molecule has 0 aliphatic carbocycles. The number of hydrogen-bond acceptors (Lipinski definition) is 4. The fraction of sp³-hybridized carbons (Fsp3) is 0.889. The number of rotatable bonds is 1. The number of thioether (sulfide) groups is 1. The predicted octanol–water partition coefficient (Wildman–Crippen LogP) is 0.204. The van der Waals surface area contributed by atoms with Crippen molar-refractivity contribution in [2.24, 2.45) is 5.41 Å². The third-order valence-corrected chi connectivity index (χ3v) is 4.51. The van der Waals surface area contributed by atoms with Gasteiger partial charge in [-0.15, -0.1) is 11.8 Å². The first-order chi connectivity index (χ1) is 5.76. The van der Waals surface area contributed by atoms with Crippen LogP contribution in [0.25, 0.3) is 0 Å². The Hall–Kier alpha value is -0.220. The van der Waals surface area contributed by atoms with Crippen molar-refractivity contribution in [2.75, 3.05) is 5.75 Å². The summed E-state index contributed by atoms with van der Waals surface area (Å²) in [4.78, 5) is 10.5. The quantitative estimate of drug-likeness (QED) is 0.660. The number of hydrogen-bond donors (Lipinski definition) is 1. The fourth-order valence-electron chi connectivity index (χ4n) is 1.23. The van der Waals surface area contributed by atoms with Crippen molar-refractivity contribution in [3.05, 3.63) is 0 Å². The van der Waals surface area contributed by atoms with E-state index in [4.69, 9.17) is 0 Å². The normalized spacial score (nSPS) is 34.9. The van der Waals surface area contributed by atoms with Crippen LogP contribution >= 0.6 is 11.8 Å². The number of carbonyl (C=O) groups is 1. The summed E-state index contributed by atoms with van der Waals surface area (Å²) in [7, 11) is 0. The number of carboxylic acid groups (broad SMARTS) is 1. The Labute approximate surface area is 83.3 Å². The molecule has 0 spiro atoms. The van der Waals surface area contributed by atoms with E-state index in [1.807, 2.05) is 6.92 Å². The van der Waals surface area contributed by atoms with Crippen molar-refractivity contribution in [3.63, 3.8) is 0 Å². The summed E-state index contributed by atoms with van der Waals surface area (Å²) < 4.78 is 0. The van der Waals surface area contributed by atoms with Gasteiger partial charge in [0.05, 0.1) is 16.9 Å². The van der Waals surface area contributed by atoms with Crippen LogP contribution < -0.4 is 10.4 Å². The highest BCUT2D eigenvalue weighted by Crippen LogP contribution is 2.43. The monoisotopic (exact) mass is 202 g/mol. The number of carboxylic acids is 1. The summed E-state index contributed by atoms with van der Waals surface area (Å²) in [6.07, 6.45) is 0. The lowest BCUT2D eigenvalue weighted by molar-refractivity contribution is -0.307. The molecule has 1 heterocycles. The minimum atomic E-state index is -1.000. The molecule has 0 aromatic heterocycles. The van der Waals surface area contributed by atoms with Crippen LogP contribution in [0.3, 0.4) is 0 Å². The van der Waals surface area contributed by atoms with E-state index in [1.54, 1.807) is 11.8 Å². The van der Waals surface area contributed by atoms with Crippen molar-refractivity contribution >= 4 is 17.7 Å². The Kier molecular flexibility index (Phi) is 2.65. The molecule has 1 N–H and O–H groups in total. The maximum absolute atomic E-state index is 10.6. The van der Waals surface area contributed by atoms with Crippen molar-refractivity contribution in [1.82, 2.24) is 5.32 Å². The molecule has 3 nitrogen and oxygen atoms in total. The van der Waals surface area contributed by atoms with Crippen LogP contribution in [-0.2, 0) is 4.79 Å². The van der Waals surface area contributed by atoms with Crippen LogP contribution in [-0.4, -0.2) is 22.6 Å². The average molecular weight is 202 g/mol. The largest absolute Gasteiger partial charge is 0.548 e. The maximum Gasteiger partial charge on any atom is 0.0671 e. The standard InChI is InChI=1S/C9H17NO2S/c1-8(2,3)9(4)10-6(5-13-9)7(11)12/h6,10H,5H2,1-4H3,(H,11,12)/p-1/t6?,9-/m0/s1. The second-order valence-electron chi connectivity index (χ2n) is 4.61. The van der Waals surface area contributed by atoms with Gasteiger partial charge in [0, 0.05) is 5.75 Å². The second-order valence-corrected chi connectivity index (χ2v) is 6.05. The van der Waals surface area contributed by atoms with Gasteiger partial charge in [0.2, 0.25) is 0 Å². The molecule has 0 amide bonds. The SMILES string of the molecule is CC(C)(C)[C@@]1(C)NC(C(=O)[O-])CS1. The van der Waals surface area contributed by atoms with Gasteiger partial charge in [0.25, 0.3) is 0 Å². The van der Waals surface area contributed by atoms with E-state index in [1.165, 1.54) is 0 Å². The average Bonchev–Trinajstić information content (AvgIpc) is 2.31. The molecule has 1 fully saturated rings. The molecule has 1 aliphatic rings. The number of aliphatic carboxylic acids is 1. The minimum absolute atomic E-state index is 0.0435.